The maximum absolute atomic E-state index is 12.3. The predicted molar refractivity (Wildman–Crippen MR) is 113 cm³/mol. The number of H-pyrrole nitrogens is 1. The van der Waals surface area contributed by atoms with Crippen LogP contribution in [0, 0.1) is 13.8 Å². The minimum atomic E-state index is -0.279. The van der Waals surface area contributed by atoms with Crippen LogP contribution >= 0.6 is 23.1 Å². The lowest BCUT2D eigenvalue weighted by Crippen LogP contribution is -2.30. The van der Waals surface area contributed by atoms with Gasteiger partial charge in [-0.3, -0.25) is 9.59 Å². The van der Waals surface area contributed by atoms with Crippen LogP contribution in [0.5, 0.6) is 5.88 Å². The molecule has 28 heavy (non-hydrogen) atoms. The number of amides is 1. The summed E-state index contributed by atoms with van der Waals surface area (Å²) in [5, 5.41) is 3.28. The summed E-state index contributed by atoms with van der Waals surface area (Å²) in [5.74, 6) is 1.50. The number of pyridine rings is 1. The van der Waals surface area contributed by atoms with E-state index in [1.807, 2.05) is 26.8 Å². The average Bonchev–Trinajstić information content (AvgIpc) is 2.98. The number of carbonyl (C=O) groups is 1. The van der Waals surface area contributed by atoms with Crippen LogP contribution in [0.4, 0.5) is 0 Å². The molecular weight excluding hydrogens is 396 g/mol. The van der Waals surface area contributed by atoms with E-state index in [0.29, 0.717) is 29.4 Å². The Hall–Kier alpha value is -2.39. The number of methoxy groups -OCH3 is 1. The molecule has 7 nitrogen and oxygen atoms in total. The van der Waals surface area contributed by atoms with E-state index in [0.717, 1.165) is 20.8 Å². The summed E-state index contributed by atoms with van der Waals surface area (Å²) in [4.78, 5) is 38.0. The monoisotopic (exact) mass is 418 g/mol. The molecule has 0 saturated carbocycles. The number of aromatic amines is 1. The lowest BCUT2D eigenvalue weighted by molar-refractivity contribution is -0.120. The molecule has 3 aromatic heterocycles. The maximum atomic E-state index is 12.3. The Bertz CT molecular complexity index is 1040. The number of thiophene rings is 1. The minimum absolute atomic E-state index is 0.0768. The van der Waals surface area contributed by atoms with E-state index < -0.39 is 0 Å². The van der Waals surface area contributed by atoms with Crippen molar-refractivity contribution in [1.29, 1.82) is 0 Å². The second-order valence-corrected chi connectivity index (χ2v) is 8.89. The Morgan fingerprint density at radius 1 is 1.39 bits per heavy atom. The summed E-state index contributed by atoms with van der Waals surface area (Å²) in [6.45, 7) is 6.16. The quantitative estimate of drug-likeness (QED) is 0.612. The highest BCUT2D eigenvalue weighted by Crippen LogP contribution is 2.26. The second kappa shape index (κ2) is 8.74. The molecule has 3 aromatic rings. The number of fused-ring (bicyclic) bond motifs is 1. The van der Waals surface area contributed by atoms with Crippen molar-refractivity contribution in [1.82, 2.24) is 20.3 Å². The molecule has 0 aromatic carbocycles. The molecule has 0 aliphatic rings. The number of nitrogens with one attached hydrogen (secondary N) is 2. The van der Waals surface area contributed by atoms with E-state index in [4.69, 9.17) is 4.74 Å². The van der Waals surface area contributed by atoms with Gasteiger partial charge in [0.05, 0.1) is 23.5 Å². The van der Waals surface area contributed by atoms with Gasteiger partial charge in [0.2, 0.25) is 11.8 Å². The van der Waals surface area contributed by atoms with Gasteiger partial charge in [0.25, 0.3) is 5.56 Å². The lowest BCUT2D eigenvalue weighted by Gasteiger charge is -2.12. The topological polar surface area (TPSA) is 97.0 Å². The zero-order valence-electron chi connectivity index (χ0n) is 16.2. The SMILES string of the molecule is COc1ccc(CNC(=O)[C@@H](C)SCc2nc3sc(C)c(C)c3c(=O)[nH]2)cn1. The Labute approximate surface area is 170 Å². The largest absolute Gasteiger partial charge is 0.481 e. The Kier molecular flexibility index (Phi) is 6.35. The van der Waals surface area contributed by atoms with Crippen LogP contribution in [0.3, 0.4) is 0 Å². The number of nitrogens with zero attached hydrogens (tertiary/aromatic N) is 2. The van der Waals surface area contributed by atoms with Crippen LogP contribution in [-0.4, -0.2) is 33.2 Å². The van der Waals surface area contributed by atoms with Crippen molar-refractivity contribution >= 4 is 39.2 Å². The molecule has 1 atom stereocenters. The highest BCUT2D eigenvalue weighted by atomic mass is 32.2. The standard InChI is InChI=1S/C19H22N4O3S2/c1-10-11(2)28-19-16(10)18(25)22-14(23-19)9-27-12(3)17(24)21-8-13-5-6-15(26-4)20-7-13/h5-7,12H,8-9H2,1-4H3,(H,21,24)(H,22,23,25)/t12-/m1/s1. The van der Waals surface area contributed by atoms with Crippen molar-refractivity contribution in [2.45, 2.75) is 38.3 Å². The number of carbonyl (C=O) groups excluding carboxylic acids is 1. The van der Waals surface area contributed by atoms with Gasteiger partial charge in [-0.25, -0.2) is 9.97 Å². The molecule has 0 radical (unpaired) electrons. The van der Waals surface area contributed by atoms with Crippen molar-refractivity contribution < 1.29 is 9.53 Å². The first-order valence-corrected chi connectivity index (χ1v) is 10.6. The molecule has 1 amide bonds. The number of rotatable bonds is 7. The smallest absolute Gasteiger partial charge is 0.259 e. The van der Waals surface area contributed by atoms with Crippen LogP contribution in [0.15, 0.2) is 23.1 Å². The van der Waals surface area contributed by atoms with Gasteiger partial charge in [-0.15, -0.1) is 23.1 Å². The summed E-state index contributed by atoms with van der Waals surface area (Å²) in [5.41, 5.74) is 1.76. The van der Waals surface area contributed by atoms with Gasteiger partial charge in [-0.05, 0) is 31.9 Å². The van der Waals surface area contributed by atoms with Crippen LogP contribution in [0.1, 0.15) is 28.8 Å². The average molecular weight is 419 g/mol. The van der Waals surface area contributed by atoms with Crippen LogP contribution < -0.4 is 15.6 Å². The van der Waals surface area contributed by atoms with Crippen LogP contribution in [0.2, 0.25) is 0 Å². The Morgan fingerprint density at radius 3 is 2.86 bits per heavy atom. The molecule has 2 N–H and O–H groups in total. The Morgan fingerprint density at radius 2 is 2.18 bits per heavy atom. The highest BCUT2D eigenvalue weighted by molar-refractivity contribution is 7.99. The third-order valence-corrected chi connectivity index (χ3v) is 6.66. The molecule has 148 valence electrons. The van der Waals surface area contributed by atoms with Gasteiger partial charge in [0.15, 0.2) is 0 Å². The summed E-state index contributed by atoms with van der Waals surface area (Å²) in [7, 11) is 1.56. The number of ether oxygens (including phenoxy) is 1. The molecule has 0 bridgehead atoms. The van der Waals surface area contributed by atoms with E-state index >= 15 is 0 Å². The zero-order chi connectivity index (χ0) is 20.3. The van der Waals surface area contributed by atoms with Gasteiger partial charge in [-0.2, -0.15) is 0 Å². The fourth-order valence-electron chi connectivity index (χ4n) is 2.62. The third-order valence-electron chi connectivity index (χ3n) is 4.40. The van der Waals surface area contributed by atoms with Crippen molar-refractivity contribution in [3.8, 4) is 5.88 Å². The molecular formula is C19H22N4O3S2. The minimum Gasteiger partial charge on any atom is -0.481 e. The number of thioether (sulfide) groups is 1. The van der Waals surface area contributed by atoms with Gasteiger partial charge in [0, 0.05) is 23.7 Å². The molecule has 0 aliphatic heterocycles. The molecule has 0 aliphatic carbocycles. The first-order chi connectivity index (χ1) is 13.4. The van der Waals surface area contributed by atoms with E-state index in [2.05, 4.69) is 20.3 Å². The number of hydrogen-bond acceptors (Lipinski definition) is 7. The summed E-state index contributed by atoms with van der Waals surface area (Å²) in [6.07, 6.45) is 1.67. The fourth-order valence-corrected chi connectivity index (χ4v) is 4.44. The Balaban J connectivity index is 1.57. The third kappa shape index (κ3) is 4.53. The molecule has 0 fully saturated rings. The fraction of sp³-hybridized carbons (Fsp3) is 0.368. The van der Waals surface area contributed by atoms with Crippen LogP contribution in [0.25, 0.3) is 10.2 Å². The van der Waals surface area contributed by atoms with E-state index in [1.165, 1.54) is 23.1 Å². The van der Waals surface area contributed by atoms with Gasteiger partial charge >= 0.3 is 0 Å². The first kappa shape index (κ1) is 20.3. The number of aryl methyl sites for hydroxylation is 2. The van der Waals surface area contributed by atoms with Gasteiger partial charge < -0.3 is 15.0 Å². The van der Waals surface area contributed by atoms with E-state index in [-0.39, 0.29) is 16.7 Å². The highest BCUT2D eigenvalue weighted by Gasteiger charge is 2.16. The maximum Gasteiger partial charge on any atom is 0.259 e. The molecule has 3 rings (SSSR count). The van der Waals surface area contributed by atoms with E-state index in [9.17, 15) is 9.59 Å². The van der Waals surface area contributed by atoms with Crippen molar-refractivity contribution in [3.05, 3.63) is 50.5 Å². The van der Waals surface area contributed by atoms with Crippen molar-refractivity contribution in [3.63, 3.8) is 0 Å². The molecule has 9 heteroatoms. The molecule has 0 unspecified atom stereocenters. The summed E-state index contributed by atoms with van der Waals surface area (Å²) < 4.78 is 5.02. The molecule has 3 heterocycles. The van der Waals surface area contributed by atoms with Crippen molar-refractivity contribution in [2.75, 3.05) is 7.11 Å². The van der Waals surface area contributed by atoms with Crippen molar-refractivity contribution in [2.24, 2.45) is 0 Å². The molecule has 0 saturated heterocycles. The number of hydrogen-bond donors (Lipinski definition) is 2. The number of aromatic nitrogens is 3. The first-order valence-electron chi connectivity index (χ1n) is 8.76. The normalized spacial score (nSPS) is 12.1. The molecule has 0 spiro atoms. The zero-order valence-corrected chi connectivity index (χ0v) is 17.8. The lowest BCUT2D eigenvalue weighted by atomic mass is 10.2. The summed E-state index contributed by atoms with van der Waals surface area (Å²) in [6, 6.07) is 3.62. The summed E-state index contributed by atoms with van der Waals surface area (Å²) >= 11 is 2.95. The van der Waals surface area contributed by atoms with Gasteiger partial charge in [0.1, 0.15) is 10.7 Å². The predicted octanol–water partition coefficient (Wildman–Crippen LogP) is 2.94. The van der Waals surface area contributed by atoms with Crippen LogP contribution in [-0.2, 0) is 17.1 Å². The second-order valence-electron chi connectivity index (χ2n) is 6.36. The van der Waals surface area contributed by atoms with Gasteiger partial charge in [-0.1, -0.05) is 6.07 Å². The van der Waals surface area contributed by atoms with E-state index in [1.54, 1.807) is 19.4 Å².